The van der Waals surface area contributed by atoms with Gasteiger partial charge in [0.25, 0.3) is 5.91 Å². The number of aliphatic carboxylic acids is 1. The van der Waals surface area contributed by atoms with E-state index in [9.17, 15) is 9.59 Å². The molecule has 19 heavy (non-hydrogen) atoms. The third-order valence-corrected chi connectivity index (χ3v) is 2.86. The van der Waals surface area contributed by atoms with Crippen LogP contribution in [0.2, 0.25) is 5.02 Å². The first kappa shape index (κ1) is 15.5. The number of carbonyl (C=O) groups is 2. The first-order chi connectivity index (χ1) is 8.91. The van der Waals surface area contributed by atoms with E-state index in [4.69, 9.17) is 16.7 Å². The van der Waals surface area contributed by atoms with Crippen LogP contribution in [0.4, 0.5) is 0 Å². The summed E-state index contributed by atoms with van der Waals surface area (Å²) in [5.74, 6) is -1.41. The molecule has 1 amide bonds. The lowest BCUT2D eigenvalue weighted by Gasteiger charge is -2.23. The van der Waals surface area contributed by atoms with Crippen LogP contribution in [-0.4, -0.2) is 60.5 Å². The monoisotopic (exact) mass is 284 g/mol. The third kappa shape index (κ3) is 4.89. The van der Waals surface area contributed by atoms with Crippen LogP contribution in [0.25, 0.3) is 0 Å². The minimum absolute atomic E-state index is 0.323. The Morgan fingerprint density at radius 3 is 2.37 bits per heavy atom. The highest BCUT2D eigenvalue weighted by Gasteiger charge is 2.20. The molecule has 0 aliphatic rings. The van der Waals surface area contributed by atoms with Crippen LogP contribution in [0.1, 0.15) is 10.4 Å². The zero-order valence-electron chi connectivity index (χ0n) is 11.0. The van der Waals surface area contributed by atoms with Crippen molar-refractivity contribution in [2.45, 2.75) is 0 Å². The second-order valence-corrected chi connectivity index (χ2v) is 4.81. The van der Waals surface area contributed by atoms with Crippen molar-refractivity contribution in [3.63, 3.8) is 0 Å². The maximum atomic E-state index is 12.3. The molecule has 0 radical (unpaired) electrons. The lowest BCUT2D eigenvalue weighted by molar-refractivity contribution is -0.137. The number of carboxylic acid groups (broad SMARTS) is 1. The maximum Gasteiger partial charge on any atom is 0.323 e. The van der Waals surface area contributed by atoms with Crippen LogP contribution in [0.3, 0.4) is 0 Å². The van der Waals surface area contributed by atoms with Gasteiger partial charge in [0.2, 0.25) is 0 Å². The summed E-state index contributed by atoms with van der Waals surface area (Å²) in [6.07, 6.45) is 0. The second kappa shape index (κ2) is 7.11. The zero-order valence-corrected chi connectivity index (χ0v) is 11.7. The Morgan fingerprint density at radius 2 is 1.84 bits per heavy atom. The highest BCUT2D eigenvalue weighted by Crippen LogP contribution is 2.17. The molecule has 0 aliphatic heterocycles. The number of likely N-dealkylation sites (N-methyl/N-ethyl adjacent to an activating group) is 1. The average molecular weight is 285 g/mol. The maximum absolute atomic E-state index is 12.3. The van der Waals surface area contributed by atoms with Crippen LogP contribution in [0.15, 0.2) is 24.3 Å². The standard InChI is InChI=1S/C13H17ClN2O3/c1-15(2)7-8-16(9-12(17)18)13(19)10-5-3-4-6-11(10)14/h3-6H,7-9H2,1-2H3,(H,17,18). The van der Waals surface area contributed by atoms with Gasteiger partial charge in [-0.15, -0.1) is 0 Å². The molecule has 104 valence electrons. The van der Waals surface area contributed by atoms with E-state index in [0.29, 0.717) is 23.7 Å². The molecular formula is C13H17ClN2O3. The van der Waals surface area contributed by atoms with Crippen molar-refractivity contribution >= 4 is 23.5 Å². The number of carboxylic acids is 1. The summed E-state index contributed by atoms with van der Waals surface area (Å²) in [5, 5.41) is 9.20. The van der Waals surface area contributed by atoms with Gasteiger partial charge >= 0.3 is 5.97 Å². The minimum Gasteiger partial charge on any atom is -0.480 e. The van der Waals surface area contributed by atoms with Crippen molar-refractivity contribution in [1.29, 1.82) is 0 Å². The predicted octanol–water partition coefficient (Wildman–Crippen LogP) is 1.43. The van der Waals surface area contributed by atoms with Crippen molar-refractivity contribution in [1.82, 2.24) is 9.80 Å². The molecular weight excluding hydrogens is 268 g/mol. The van der Waals surface area contributed by atoms with Gasteiger partial charge in [0.15, 0.2) is 0 Å². The van der Waals surface area contributed by atoms with E-state index in [1.807, 2.05) is 19.0 Å². The summed E-state index contributed by atoms with van der Waals surface area (Å²) in [5.41, 5.74) is 0.323. The molecule has 0 unspecified atom stereocenters. The van der Waals surface area contributed by atoms with Gasteiger partial charge in [-0.25, -0.2) is 0 Å². The van der Waals surface area contributed by atoms with Crippen molar-refractivity contribution < 1.29 is 14.7 Å². The Bertz CT molecular complexity index is 463. The fraction of sp³-hybridized carbons (Fsp3) is 0.385. The highest BCUT2D eigenvalue weighted by molar-refractivity contribution is 6.33. The lowest BCUT2D eigenvalue weighted by atomic mass is 10.2. The Morgan fingerprint density at radius 1 is 1.21 bits per heavy atom. The Labute approximate surface area is 117 Å². The van der Waals surface area contributed by atoms with Gasteiger partial charge in [0.1, 0.15) is 6.54 Å². The molecule has 0 fully saturated rings. The van der Waals surface area contributed by atoms with E-state index < -0.39 is 5.97 Å². The van der Waals surface area contributed by atoms with Crippen molar-refractivity contribution in [3.8, 4) is 0 Å². The Balaban J connectivity index is 2.87. The van der Waals surface area contributed by atoms with E-state index in [0.717, 1.165) is 0 Å². The van der Waals surface area contributed by atoms with Gasteiger partial charge in [-0.2, -0.15) is 0 Å². The summed E-state index contributed by atoms with van der Waals surface area (Å²) < 4.78 is 0. The molecule has 1 aromatic rings. The zero-order chi connectivity index (χ0) is 14.4. The number of rotatable bonds is 6. The van der Waals surface area contributed by atoms with Crippen molar-refractivity contribution in [2.24, 2.45) is 0 Å². The molecule has 0 bridgehead atoms. The molecule has 6 heteroatoms. The molecule has 0 saturated heterocycles. The number of halogens is 1. The molecule has 0 aliphatic carbocycles. The van der Waals surface area contributed by atoms with Gasteiger partial charge in [-0.3, -0.25) is 9.59 Å². The molecule has 0 atom stereocenters. The number of hydrogen-bond donors (Lipinski definition) is 1. The summed E-state index contributed by atoms with van der Waals surface area (Å²) >= 11 is 5.96. The van der Waals surface area contributed by atoms with E-state index in [1.54, 1.807) is 24.3 Å². The van der Waals surface area contributed by atoms with Crippen LogP contribution >= 0.6 is 11.6 Å². The van der Waals surface area contributed by atoms with Gasteiger partial charge in [-0.05, 0) is 26.2 Å². The van der Waals surface area contributed by atoms with E-state index >= 15 is 0 Å². The van der Waals surface area contributed by atoms with Crippen molar-refractivity contribution in [2.75, 3.05) is 33.7 Å². The fourth-order valence-electron chi connectivity index (χ4n) is 1.54. The van der Waals surface area contributed by atoms with Gasteiger partial charge < -0.3 is 14.9 Å². The van der Waals surface area contributed by atoms with E-state index in [-0.39, 0.29) is 12.5 Å². The minimum atomic E-state index is -1.04. The number of carbonyl (C=O) groups excluding carboxylic acids is 1. The summed E-state index contributed by atoms with van der Waals surface area (Å²) in [7, 11) is 3.72. The highest BCUT2D eigenvalue weighted by atomic mass is 35.5. The molecule has 1 rings (SSSR count). The van der Waals surface area contributed by atoms with Gasteiger partial charge in [0, 0.05) is 13.1 Å². The second-order valence-electron chi connectivity index (χ2n) is 4.40. The summed E-state index contributed by atoms with van der Waals surface area (Å²) in [4.78, 5) is 26.3. The average Bonchev–Trinajstić information content (AvgIpc) is 2.33. The quantitative estimate of drug-likeness (QED) is 0.858. The Kier molecular flexibility index (Phi) is 5.79. The Hall–Kier alpha value is -1.59. The molecule has 0 spiro atoms. The first-order valence-electron chi connectivity index (χ1n) is 5.82. The lowest BCUT2D eigenvalue weighted by Crippen LogP contribution is -2.40. The molecule has 5 nitrogen and oxygen atoms in total. The van der Waals surface area contributed by atoms with Crippen LogP contribution < -0.4 is 0 Å². The first-order valence-corrected chi connectivity index (χ1v) is 6.20. The number of amides is 1. The summed E-state index contributed by atoms with van der Waals surface area (Å²) in [6, 6.07) is 6.62. The smallest absolute Gasteiger partial charge is 0.323 e. The largest absolute Gasteiger partial charge is 0.480 e. The van der Waals surface area contributed by atoms with E-state index in [2.05, 4.69) is 0 Å². The molecule has 1 N–H and O–H groups in total. The normalized spacial score (nSPS) is 10.5. The number of hydrogen-bond acceptors (Lipinski definition) is 3. The predicted molar refractivity (Wildman–Crippen MR) is 73.5 cm³/mol. The molecule has 0 heterocycles. The number of benzene rings is 1. The van der Waals surface area contributed by atoms with Crippen LogP contribution in [0.5, 0.6) is 0 Å². The molecule has 1 aromatic carbocycles. The topological polar surface area (TPSA) is 60.9 Å². The van der Waals surface area contributed by atoms with Crippen molar-refractivity contribution in [3.05, 3.63) is 34.9 Å². The summed E-state index contributed by atoms with van der Waals surface area (Å²) in [6.45, 7) is 0.588. The van der Waals surface area contributed by atoms with Crippen LogP contribution in [0, 0.1) is 0 Å². The molecule has 0 aromatic heterocycles. The SMILES string of the molecule is CN(C)CCN(CC(=O)O)C(=O)c1ccccc1Cl. The third-order valence-electron chi connectivity index (χ3n) is 2.53. The van der Waals surface area contributed by atoms with Gasteiger partial charge in [-0.1, -0.05) is 23.7 Å². The van der Waals surface area contributed by atoms with E-state index in [1.165, 1.54) is 4.90 Å². The van der Waals surface area contributed by atoms with Gasteiger partial charge in [0.05, 0.1) is 10.6 Å². The number of nitrogens with zero attached hydrogens (tertiary/aromatic N) is 2. The molecule has 0 saturated carbocycles. The fourth-order valence-corrected chi connectivity index (χ4v) is 1.76. The van der Waals surface area contributed by atoms with Crippen LogP contribution in [-0.2, 0) is 4.79 Å².